The van der Waals surface area contributed by atoms with Crippen molar-refractivity contribution in [2.24, 2.45) is 0 Å². The lowest BCUT2D eigenvalue weighted by molar-refractivity contribution is -0.126. The molecule has 1 N–H and O–H groups in total. The second kappa shape index (κ2) is 9.58. The minimum Gasteiger partial charge on any atom is -0.351 e. The Bertz CT molecular complexity index is 977. The third-order valence-corrected chi connectivity index (χ3v) is 7.37. The smallest absolute Gasteiger partial charge is 0.248 e. The molecule has 2 aromatic heterocycles. The van der Waals surface area contributed by atoms with Gasteiger partial charge in [-0.05, 0) is 54.3 Å². The highest BCUT2D eigenvalue weighted by Crippen LogP contribution is 2.34. The Balaban J connectivity index is 1.73. The third kappa shape index (κ3) is 4.65. The number of hydrogen-bond donors (Lipinski definition) is 1. The normalized spacial score (nSPS) is 15.1. The number of carbonyl (C=O) groups excluding carboxylic acids is 2. The molecule has 1 aliphatic rings. The van der Waals surface area contributed by atoms with Crippen molar-refractivity contribution in [1.82, 2.24) is 5.32 Å². The number of para-hydroxylation sites is 1. The minimum absolute atomic E-state index is 0.0632. The molecule has 0 radical (unpaired) electrons. The van der Waals surface area contributed by atoms with Crippen LogP contribution in [0.2, 0.25) is 0 Å². The van der Waals surface area contributed by atoms with E-state index in [2.05, 4.69) is 5.32 Å². The molecule has 1 atom stereocenters. The fourth-order valence-electron chi connectivity index (χ4n) is 4.07. The van der Waals surface area contributed by atoms with Gasteiger partial charge in [0.25, 0.3) is 0 Å². The van der Waals surface area contributed by atoms with Crippen molar-refractivity contribution in [2.75, 3.05) is 4.90 Å². The molecule has 4 rings (SSSR count). The monoisotopic (exact) mass is 438 g/mol. The first-order chi connectivity index (χ1) is 14.6. The molecule has 1 aromatic carbocycles. The van der Waals surface area contributed by atoms with E-state index in [1.54, 1.807) is 16.2 Å². The van der Waals surface area contributed by atoms with Crippen LogP contribution in [0, 0.1) is 6.92 Å². The van der Waals surface area contributed by atoms with Gasteiger partial charge >= 0.3 is 0 Å². The highest BCUT2D eigenvalue weighted by molar-refractivity contribution is 7.10. The molecule has 0 bridgehead atoms. The second-order valence-electron chi connectivity index (χ2n) is 7.71. The van der Waals surface area contributed by atoms with Crippen LogP contribution in [-0.4, -0.2) is 17.9 Å². The first-order valence-corrected chi connectivity index (χ1v) is 12.1. The van der Waals surface area contributed by atoms with Gasteiger partial charge in [0.2, 0.25) is 11.8 Å². The summed E-state index contributed by atoms with van der Waals surface area (Å²) in [5, 5.41) is 7.17. The third-order valence-electron chi connectivity index (χ3n) is 5.57. The summed E-state index contributed by atoms with van der Waals surface area (Å²) in [6, 6.07) is 15.2. The van der Waals surface area contributed by atoms with Gasteiger partial charge in [0, 0.05) is 21.5 Å². The summed E-state index contributed by atoms with van der Waals surface area (Å²) in [5.41, 5.74) is 1.77. The maximum atomic E-state index is 13.6. The molecule has 30 heavy (non-hydrogen) atoms. The van der Waals surface area contributed by atoms with Crippen molar-refractivity contribution in [3.8, 4) is 0 Å². The van der Waals surface area contributed by atoms with Crippen LogP contribution in [0.4, 0.5) is 5.69 Å². The van der Waals surface area contributed by atoms with E-state index in [4.69, 9.17) is 0 Å². The summed E-state index contributed by atoms with van der Waals surface area (Å²) < 4.78 is 0. The molecule has 3 aromatic rings. The Morgan fingerprint density at radius 2 is 1.77 bits per heavy atom. The average Bonchev–Trinajstić information content (AvgIpc) is 3.50. The summed E-state index contributed by atoms with van der Waals surface area (Å²) in [6.07, 6.45) is 4.60. The largest absolute Gasteiger partial charge is 0.351 e. The summed E-state index contributed by atoms with van der Waals surface area (Å²) >= 11 is 3.09. The Hall–Kier alpha value is -2.44. The highest BCUT2D eigenvalue weighted by atomic mass is 32.1. The van der Waals surface area contributed by atoms with Crippen LogP contribution in [0.3, 0.4) is 0 Å². The van der Waals surface area contributed by atoms with E-state index in [9.17, 15) is 9.59 Å². The minimum atomic E-state index is -0.667. The molecule has 1 aliphatic carbocycles. The Labute approximate surface area is 185 Å². The summed E-state index contributed by atoms with van der Waals surface area (Å²) in [6.45, 7) is 1.99. The summed E-state index contributed by atoms with van der Waals surface area (Å²) in [5.74, 6) is -0.154. The zero-order chi connectivity index (χ0) is 20.9. The lowest BCUT2D eigenvalue weighted by Crippen LogP contribution is -2.46. The zero-order valence-electron chi connectivity index (χ0n) is 17.0. The molecule has 6 heteroatoms. The lowest BCUT2D eigenvalue weighted by atomic mass is 10.1. The van der Waals surface area contributed by atoms with Crippen molar-refractivity contribution in [3.05, 3.63) is 74.6 Å². The van der Waals surface area contributed by atoms with Crippen LogP contribution >= 0.6 is 22.7 Å². The molecule has 1 saturated carbocycles. The lowest BCUT2D eigenvalue weighted by Gasteiger charge is -2.32. The number of nitrogens with one attached hydrogen (secondary N) is 1. The second-order valence-corrected chi connectivity index (χ2v) is 9.73. The van der Waals surface area contributed by atoms with Crippen LogP contribution in [0.1, 0.15) is 47.0 Å². The molecule has 0 spiro atoms. The van der Waals surface area contributed by atoms with Gasteiger partial charge in [0.1, 0.15) is 6.04 Å². The Morgan fingerprint density at radius 1 is 1.03 bits per heavy atom. The molecular formula is C24H26N2O2S2. The van der Waals surface area contributed by atoms with Crippen LogP contribution < -0.4 is 10.2 Å². The number of nitrogens with zero attached hydrogens (tertiary/aromatic N) is 1. The SMILES string of the molecule is Cc1ccccc1N(C(=O)Cc1cccs1)[C@H](C(=O)NC1CCCC1)c1cccs1. The van der Waals surface area contributed by atoms with E-state index < -0.39 is 6.04 Å². The van der Waals surface area contributed by atoms with E-state index >= 15 is 0 Å². The van der Waals surface area contributed by atoms with Crippen molar-refractivity contribution < 1.29 is 9.59 Å². The molecule has 4 nitrogen and oxygen atoms in total. The van der Waals surface area contributed by atoms with Gasteiger partial charge in [-0.25, -0.2) is 0 Å². The number of hydrogen-bond acceptors (Lipinski definition) is 4. The molecule has 0 saturated heterocycles. The number of amides is 2. The number of aryl methyl sites for hydroxylation is 1. The van der Waals surface area contributed by atoms with Crippen molar-refractivity contribution >= 4 is 40.2 Å². The van der Waals surface area contributed by atoms with Crippen LogP contribution in [-0.2, 0) is 16.0 Å². The van der Waals surface area contributed by atoms with E-state index in [0.717, 1.165) is 46.7 Å². The molecule has 2 amide bonds. The fourth-order valence-corrected chi connectivity index (χ4v) is 5.58. The first-order valence-electron chi connectivity index (χ1n) is 10.4. The number of anilines is 1. The maximum Gasteiger partial charge on any atom is 0.248 e. The van der Waals surface area contributed by atoms with E-state index in [1.165, 1.54) is 11.3 Å². The molecule has 2 heterocycles. The maximum absolute atomic E-state index is 13.6. The Morgan fingerprint density at radius 3 is 2.43 bits per heavy atom. The number of thiophene rings is 2. The van der Waals surface area contributed by atoms with Crippen LogP contribution in [0.15, 0.2) is 59.3 Å². The molecule has 156 valence electrons. The van der Waals surface area contributed by atoms with Gasteiger partial charge in [-0.15, -0.1) is 22.7 Å². The summed E-state index contributed by atoms with van der Waals surface area (Å²) in [4.78, 5) is 30.7. The molecule has 0 aliphatic heterocycles. The van der Waals surface area contributed by atoms with Crippen molar-refractivity contribution in [3.63, 3.8) is 0 Å². The van der Waals surface area contributed by atoms with Gasteiger partial charge in [-0.2, -0.15) is 0 Å². The van der Waals surface area contributed by atoms with Gasteiger partial charge < -0.3 is 5.32 Å². The van der Waals surface area contributed by atoms with Crippen LogP contribution in [0.25, 0.3) is 0 Å². The zero-order valence-corrected chi connectivity index (χ0v) is 18.7. The van der Waals surface area contributed by atoms with Gasteiger partial charge in [-0.3, -0.25) is 14.5 Å². The summed E-state index contributed by atoms with van der Waals surface area (Å²) in [7, 11) is 0. The van der Waals surface area contributed by atoms with E-state index in [-0.39, 0.29) is 24.3 Å². The fraction of sp³-hybridized carbons (Fsp3) is 0.333. The van der Waals surface area contributed by atoms with E-state index in [0.29, 0.717) is 0 Å². The van der Waals surface area contributed by atoms with Gasteiger partial charge in [0.05, 0.1) is 6.42 Å². The van der Waals surface area contributed by atoms with Gasteiger partial charge in [-0.1, -0.05) is 43.2 Å². The van der Waals surface area contributed by atoms with E-state index in [1.807, 2.05) is 66.2 Å². The predicted octanol–water partition coefficient (Wildman–Crippen LogP) is 5.49. The molecule has 0 unspecified atom stereocenters. The van der Waals surface area contributed by atoms with Crippen LogP contribution in [0.5, 0.6) is 0 Å². The number of benzene rings is 1. The topological polar surface area (TPSA) is 49.4 Å². The van der Waals surface area contributed by atoms with Gasteiger partial charge in [0.15, 0.2) is 0 Å². The first kappa shape index (κ1) is 20.8. The van der Waals surface area contributed by atoms with Crippen molar-refractivity contribution in [1.29, 1.82) is 0 Å². The number of rotatable bonds is 7. The average molecular weight is 439 g/mol. The van der Waals surface area contributed by atoms with Crippen molar-refractivity contribution in [2.45, 2.75) is 51.1 Å². The predicted molar refractivity (Wildman–Crippen MR) is 124 cm³/mol. The molecular weight excluding hydrogens is 412 g/mol. The molecule has 1 fully saturated rings. The quantitative estimate of drug-likeness (QED) is 0.530. The Kier molecular flexibility index (Phi) is 6.65. The standard InChI is InChI=1S/C24H26N2O2S2/c1-17-8-2-5-12-20(17)26(22(27)16-19-11-6-14-29-19)23(21-13-7-15-30-21)24(28)25-18-9-3-4-10-18/h2,5-8,11-15,18,23H,3-4,9-10,16H2,1H3,(H,25,28)/t23-/m0/s1. The number of carbonyl (C=O) groups is 2. The highest BCUT2D eigenvalue weighted by Gasteiger charge is 2.35.